The number of aliphatic imine (C=N–C) groups is 2. The van der Waals surface area contributed by atoms with Crippen LogP contribution in [-0.2, 0) is 0 Å². The number of imidazole rings is 1. The van der Waals surface area contributed by atoms with Gasteiger partial charge in [-0.3, -0.25) is 14.4 Å². The summed E-state index contributed by atoms with van der Waals surface area (Å²) in [6.45, 7) is 2.25. The van der Waals surface area contributed by atoms with Crippen LogP contribution in [0.1, 0.15) is 11.1 Å². The van der Waals surface area contributed by atoms with Crippen LogP contribution < -0.4 is 22.1 Å². The molecule has 0 spiro atoms. The standard InChI is InChI=1S/C24H27N9/c1-15-12-18(8-9-19(15)22(26)30-14-21(25)28-3)32-23-24-31-13-20(33(24)11-10-29-23)16-4-6-17(27-2)7-5-16/h4-13,27H,14H2,1-3H3,(H2,25,28)(H2,26,30)(H,29,32). The van der Waals surface area contributed by atoms with Crippen molar-refractivity contribution in [3.63, 3.8) is 0 Å². The molecule has 0 amide bonds. The summed E-state index contributed by atoms with van der Waals surface area (Å²) in [7, 11) is 3.53. The molecule has 0 unspecified atom stereocenters. The fourth-order valence-corrected chi connectivity index (χ4v) is 3.52. The van der Waals surface area contributed by atoms with Gasteiger partial charge in [-0.1, -0.05) is 12.1 Å². The average Bonchev–Trinajstić information content (AvgIpc) is 3.27. The number of benzene rings is 2. The molecule has 0 aliphatic rings. The van der Waals surface area contributed by atoms with E-state index in [9.17, 15) is 0 Å². The molecule has 0 aliphatic heterocycles. The van der Waals surface area contributed by atoms with Crippen LogP contribution in [0, 0.1) is 6.92 Å². The number of hydrogen-bond acceptors (Lipinski definition) is 6. The van der Waals surface area contributed by atoms with Gasteiger partial charge in [0.1, 0.15) is 11.7 Å². The molecule has 0 aliphatic carbocycles. The zero-order chi connectivity index (χ0) is 23.4. The molecule has 0 saturated heterocycles. The van der Waals surface area contributed by atoms with Gasteiger partial charge in [0.05, 0.1) is 18.4 Å². The minimum absolute atomic E-state index is 0.271. The van der Waals surface area contributed by atoms with Crippen molar-refractivity contribution in [3.8, 4) is 11.3 Å². The van der Waals surface area contributed by atoms with E-state index in [0.717, 1.165) is 39.4 Å². The Morgan fingerprint density at radius 2 is 1.82 bits per heavy atom. The Bertz CT molecular complexity index is 1330. The summed E-state index contributed by atoms with van der Waals surface area (Å²) in [6, 6.07) is 14.1. The molecule has 33 heavy (non-hydrogen) atoms. The van der Waals surface area contributed by atoms with Crippen LogP contribution in [0.15, 0.2) is 71.0 Å². The number of nitrogens with two attached hydrogens (primary N) is 2. The van der Waals surface area contributed by atoms with Gasteiger partial charge in [0.15, 0.2) is 11.5 Å². The molecule has 0 fully saturated rings. The summed E-state index contributed by atoms with van der Waals surface area (Å²) >= 11 is 0. The second-order valence-corrected chi connectivity index (χ2v) is 7.51. The number of fused-ring (bicyclic) bond motifs is 1. The molecule has 9 heteroatoms. The normalized spacial score (nSPS) is 12.2. The summed E-state index contributed by atoms with van der Waals surface area (Å²) in [5.41, 5.74) is 18.4. The van der Waals surface area contributed by atoms with Crippen LogP contribution in [0.5, 0.6) is 0 Å². The molecule has 4 rings (SSSR count). The lowest BCUT2D eigenvalue weighted by Gasteiger charge is -2.11. The summed E-state index contributed by atoms with van der Waals surface area (Å²) < 4.78 is 2.02. The fraction of sp³-hybridized carbons (Fsp3) is 0.167. The molecule has 0 bridgehead atoms. The number of nitrogens with zero attached hydrogens (tertiary/aromatic N) is 5. The number of anilines is 3. The Morgan fingerprint density at radius 1 is 1.06 bits per heavy atom. The van der Waals surface area contributed by atoms with Gasteiger partial charge in [0.25, 0.3) is 0 Å². The molecule has 0 atom stereocenters. The lowest BCUT2D eigenvalue weighted by atomic mass is 10.1. The van der Waals surface area contributed by atoms with E-state index in [2.05, 4.69) is 42.7 Å². The largest absolute Gasteiger partial charge is 0.388 e. The van der Waals surface area contributed by atoms with E-state index in [1.165, 1.54) is 0 Å². The zero-order valence-electron chi connectivity index (χ0n) is 18.9. The lowest BCUT2D eigenvalue weighted by Crippen LogP contribution is -2.21. The summed E-state index contributed by atoms with van der Waals surface area (Å²) in [5.74, 6) is 1.52. The number of aromatic nitrogens is 3. The van der Waals surface area contributed by atoms with Crippen molar-refractivity contribution in [2.45, 2.75) is 6.92 Å². The van der Waals surface area contributed by atoms with Crippen LogP contribution in [0.2, 0.25) is 0 Å². The zero-order valence-corrected chi connectivity index (χ0v) is 18.9. The first-order valence-electron chi connectivity index (χ1n) is 10.5. The number of nitrogens with one attached hydrogen (secondary N) is 2. The van der Waals surface area contributed by atoms with E-state index >= 15 is 0 Å². The summed E-state index contributed by atoms with van der Waals surface area (Å²) in [4.78, 5) is 17.3. The molecule has 9 nitrogen and oxygen atoms in total. The first-order chi connectivity index (χ1) is 16.0. The first-order valence-corrected chi connectivity index (χ1v) is 10.5. The Kier molecular flexibility index (Phi) is 6.21. The molecule has 2 aromatic heterocycles. The lowest BCUT2D eigenvalue weighted by molar-refractivity contribution is 1.13. The van der Waals surface area contributed by atoms with Crippen molar-refractivity contribution in [2.75, 3.05) is 31.3 Å². The van der Waals surface area contributed by atoms with Gasteiger partial charge in [-0.25, -0.2) is 9.97 Å². The van der Waals surface area contributed by atoms with Crippen molar-refractivity contribution in [1.82, 2.24) is 14.4 Å². The van der Waals surface area contributed by atoms with Crippen LogP contribution in [0.3, 0.4) is 0 Å². The van der Waals surface area contributed by atoms with Gasteiger partial charge in [-0.05, 0) is 42.8 Å². The maximum absolute atomic E-state index is 6.14. The van der Waals surface area contributed by atoms with Gasteiger partial charge >= 0.3 is 0 Å². The van der Waals surface area contributed by atoms with Gasteiger partial charge in [-0.2, -0.15) is 0 Å². The number of hydrogen-bond donors (Lipinski definition) is 4. The Labute approximate surface area is 192 Å². The van der Waals surface area contributed by atoms with E-state index in [4.69, 9.17) is 11.5 Å². The Morgan fingerprint density at radius 3 is 2.52 bits per heavy atom. The molecular weight excluding hydrogens is 414 g/mol. The highest BCUT2D eigenvalue weighted by Crippen LogP contribution is 2.26. The van der Waals surface area contributed by atoms with E-state index in [1.807, 2.05) is 61.1 Å². The molecule has 2 heterocycles. The van der Waals surface area contributed by atoms with Gasteiger partial charge in [-0.15, -0.1) is 0 Å². The minimum Gasteiger partial charge on any atom is -0.388 e. The highest BCUT2D eigenvalue weighted by atomic mass is 15.1. The quantitative estimate of drug-likeness (QED) is 0.257. The third kappa shape index (κ3) is 4.62. The van der Waals surface area contributed by atoms with Crippen molar-refractivity contribution in [3.05, 3.63) is 72.2 Å². The van der Waals surface area contributed by atoms with E-state index in [-0.39, 0.29) is 6.54 Å². The van der Waals surface area contributed by atoms with Crippen LogP contribution in [0.4, 0.5) is 17.2 Å². The Balaban J connectivity index is 1.60. The third-order valence-electron chi connectivity index (χ3n) is 5.36. The summed E-state index contributed by atoms with van der Waals surface area (Å²) in [6.07, 6.45) is 5.52. The van der Waals surface area contributed by atoms with Crippen molar-refractivity contribution < 1.29 is 0 Å². The maximum Gasteiger partial charge on any atom is 0.180 e. The van der Waals surface area contributed by atoms with Crippen molar-refractivity contribution in [1.29, 1.82) is 0 Å². The van der Waals surface area contributed by atoms with Crippen LogP contribution in [0.25, 0.3) is 16.9 Å². The van der Waals surface area contributed by atoms with E-state index < -0.39 is 0 Å². The molecule has 168 valence electrons. The number of rotatable bonds is 7. The smallest absolute Gasteiger partial charge is 0.180 e. The topological polar surface area (TPSA) is 131 Å². The van der Waals surface area contributed by atoms with Gasteiger partial charge < -0.3 is 22.1 Å². The molecule has 6 N–H and O–H groups in total. The predicted molar refractivity (Wildman–Crippen MR) is 136 cm³/mol. The monoisotopic (exact) mass is 441 g/mol. The molecule has 0 saturated carbocycles. The SMILES string of the molecule is CN=C(N)CN=C(N)c1ccc(Nc2nccn3c(-c4ccc(NC)cc4)cnc23)cc1C. The average molecular weight is 442 g/mol. The second-order valence-electron chi connectivity index (χ2n) is 7.51. The summed E-state index contributed by atoms with van der Waals surface area (Å²) in [5, 5.41) is 6.51. The molecule has 0 radical (unpaired) electrons. The molecular formula is C24H27N9. The fourth-order valence-electron chi connectivity index (χ4n) is 3.52. The van der Waals surface area contributed by atoms with Crippen molar-refractivity contribution in [2.24, 2.45) is 21.5 Å². The van der Waals surface area contributed by atoms with Crippen LogP contribution >= 0.6 is 0 Å². The highest BCUT2D eigenvalue weighted by molar-refractivity contribution is 6.00. The number of aryl methyl sites for hydroxylation is 1. The van der Waals surface area contributed by atoms with E-state index in [1.54, 1.807) is 13.2 Å². The minimum atomic E-state index is 0.271. The predicted octanol–water partition coefficient (Wildman–Crippen LogP) is 3.18. The molecule has 4 aromatic rings. The Hall–Kier alpha value is -4.40. The second kappa shape index (κ2) is 9.39. The van der Waals surface area contributed by atoms with Crippen molar-refractivity contribution >= 4 is 34.5 Å². The van der Waals surface area contributed by atoms with E-state index in [0.29, 0.717) is 17.5 Å². The first kappa shape index (κ1) is 21.8. The number of amidine groups is 2. The van der Waals surface area contributed by atoms with Gasteiger partial charge in [0.2, 0.25) is 0 Å². The molecule has 2 aromatic carbocycles. The maximum atomic E-state index is 6.14. The van der Waals surface area contributed by atoms with Crippen LogP contribution in [-0.4, -0.2) is 46.7 Å². The highest BCUT2D eigenvalue weighted by Gasteiger charge is 2.12. The van der Waals surface area contributed by atoms with Gasteiger partial charge in [0, 0.05) is 49.0 Å². The third-order valence-corrected chi connectivity index (χ3v) is 5.36.